The van der Waals surface area contributed by atoms with Gasteiger partial charge in [-0.05, 0) is 12.8 Å². The van der Waals surface area contributed by atoms with Crippen LogP contribution < -0.4 is 0 Å². The van der Waals surface area contributed by atoms with Crippen LogP contribution in [0.15, 0.2) is 0 Å². The molecule has 0 aliphatic carbocycles. The van der Waals surface area contributed by atoms with Gasteiger partial charge in [0.15, 0.2) is 0 Å². The Labute approximate surface area is 151 Å². The maximum absolute atomic E-state index is 9.68. The molecule has 1 saturated heterocycles. The summed E-state index contributed by atoms with van der Waals surface area (Å²) in [6.45, 7) is 4.83. The number of hydrogen-bond acceptors (Lipinski definition) is 2. The van der Waals surface area contributed by atoms with Crippen molar-refractivity contribution in [2.45, 2.75) is 109 Å². The first-order valence-corrected chi connectivity index (χ1v) is 10.8. The lowest BCUT2D eigenvalue weighted by Crippen LogP contribution is -2.43. The van der Waals surface area contributed by atoms with E-state index in [2.05, 4.69) is 14.0 Å². The second-order valence-corrected chi connectivity index (χ2v) is 8.44. The summed E-state index contributed by atoms with van der Waals surface area (Å²) < 4.78 is 0.848. The number of likely N-dealkylation sites (tertiary alicyclic amines) is 1. The first-order chi connectivity index (χ1) is 11.6. The maximum Gasteiger partial charge on any atom is 0.134 e. The molecule has 0 amide bonds. The highest BCUT2D eigenvalue weighted by Crippen LogP contribution is 2.19. The highest BCUT2D eigenvalue weighted by molar-refractivity contribution is 4.73. The van der Waals surface area contributed by atoms with Crippen LogP contribution >= 0.6 is 0 Å². The molecule has 0 radical (unpaired) electrons. The molecule has 2 atom stereocenters. The van der Waals surface area contributed by atoms with Crippen LogP contribution in [0.2, 0.25) is 0 Å². The Kier molecular flexibility index (Phi) is 12.0. The molecular weight excluding hydrogens is 298 g/mol. The second kappa shape index (κ2) is 13.1. The molecular formula is C21H44NO2+. The molecule has 1 fully saturated rings. The average Bonchev–Trinajstić information content (AvgIpc) is 2.80. The fourth-order valence-corrected chi connectivity index (χ4v) is 4.09. The smallest absolute Gasteiger partial charge is 0.134 e. The van der Waals surface area contributed by atoms with Gasteiger partial charge in [0.05, 0.1) is 13.6 Å². The van der Waals surface area contributed by atoms with Gasteiger partial charge in [-0.15, -0.1) is 0 Å². The first kappa shape index (κ1) is 21.9. The molecule has 1 aliphatic heterocycles. The van der Waals surface area contributed by atoms with Gasteiger partial charge in [0, 0.05) is 0 Å². The molecule has 3 heteroatoms. The number of quaternary nitrogens is 1. The molecule has 0 aromatic rings. The lowest BCUT2D eigenvalue weighted by atomic mass is 10.0. The number of nitrogens with zero attached hydrogens (tertiary/aromatic N) is 1. The molecule has 0 spiro atoms. The lowest BCUT2D eigenvalue weighted by molar-refractivity contribution is -0.900. The SMILES string of the molecule is CCCCCCCCCCCCCCCC[N+]1(C)C[C@@H](O)[C@H](O)C1. The zero-order chi connectivity index (χ0) is 17.7. The summed E-state index contributed by atoms with van der Waals surface area (Å²) in [6.07, 6.45) is 18.5. The maximum atomic E-state index is 9.68. The van der Waals surface area contributed by atoms with E-state index in [1.807, 2.05) is 0 Å². The Balaban J connectivity index is 1.80. The van der Waals surface area contributed by atoms with Crippen LogP contribution in [-0.2, 0) is 0 Å². The lowest BCUT2D eigenvalue weighted by Gasteiger charge is -2.29. The summed E-state index contributed by atoms with van der Waals surface area (Å²) in [4.78, 5) is 0. The minimum Gasteiger partial charge on any atom is -0.384 e. The van der Waals surface area contributed by atoms with Gasteiger partial charge in [-0.1, -0.05) is 84.0 Å². The Morgan fingerprint density at radius 1 is 0.625 bits per heavy atom. The van der Waals surface area contributed by atoms with Crippen molar-refractivity contribution in [2.75, 3.05) is 26.7 Å². The quantitative estimate of drug-likeness (QED) is 0.336. The molecule has 0 bridgehead atoms. The molecule has 1 rings (SSSR count). The molecule has 3 nitrogen and oxygen atoms in total. The van der Waals surface area contributed by atoms with Gasteiger partial charge in [-0.25, -0.2) is 0 Å². The van der Waals surface area contributed by atoms with Crippen LogP contribution in [0.5, 0.6) is 0 Å². The number of rotatable bonds is 15. The zero-order valence-electron chi connectivity index (χ0n) is 16.5. The summed E-state index contributed by atoms with van der Waals surface area (Å²) in [5, 5.41) is 19.4. The van der Waals surface area contributed by atoms with E-state index in [9.17, 15) is 10.2 Å². The van der Waals surface area contributed by atoms with E-state index in [0.29, 0.717) is 0 Å². The predicted molar refractivity (Wildman–Crippen MR) is 103 cm³/mol. The number of unbranched alkanes of at least 4 members (excludes halogenated alkanes) is 13. The third-order valence-electron chi connectivity index (χ3n) is 5.75. The van der Waals surface area contributed by atoms with Crippen LogP contribution in [0.4, 0.5) is 0 Å². The number of likely N-dealkylation sites (N-methyl/N-ethyl adjacent to an activating group) is 1. The van der Waals surface area contributed by atoms with E-state index in [1.54, 1.807) is 0 Å². The number of aliphatic hydroxyl groups excluding tert-OH is 2. The molecule has 1 heterocycles. The fourth-order valence-electron chi connectivity index (χ4n) is 4.09. The van der Waals surface area contributed by atoms with Crippen LogP contribution in [0.3, 0.4) is 0 Å². The van der Waals surface area contributed by atoms with Gasteiger partial charge < -0.3 is 14.7 Å². The Morgan fingerprint density at radius 3 is 1.33 bits per heavy atom. The fraction of sp³-hybridized carbons (Fsp3) is 1.00. The van der Waals surface area contributed by atoms with Crippen LogP contribution in [-0.4, -0.2) is 53.6 Å². The average molecular weight is 343 g/mol. The number of hydrogen-bond donors (Lipinski definition) is 2. The van der Waals surface area contributed by atoms with Crippen molar-refractivity contribution in [3.63, 3.8) is 0 Å². The standard InChI is InChI=1S/C21H44NO2/c1-3-4-5-6-7-8-9-10-11-12-13-14-15-16-17-22(2)18-20(23)21(24)19-22/h20-21,23-24H,3-19H2,1-2H3/q+1/t20-,21-/m1/s1. The van der Waals surface area contributed by atoms with E-state index in [1.165, 1.54) is 89.9 Å². The molecule has 0 aromatic carbocycles. The largest absolute Gasteiger partial charge is 0.384 e. The second-order valence-electron chi connectivity index (χ2n) is 8.44. The van der Waals surface area contributed by atoms with Crippen molar-refractivity contribution in [2.24, 2.45) is 0 Å². The third kappa shape index (κ3) is 10.0. The monoisotopic (exact) mass is 342 g/mol. The van der Waals surface area contributed by atoms with E-state index in [-0.39, 0.29) is 0 Å². The summed E-state index contributed by atoms with van der Waals surface area (Å²) in [5.41, 5.74) is 0. The summed E-state index contributed by atoms with van der Waals surface area (Å²) >= 11 is 0. The molecule has 2 N–H and O–H groups in total. The summed E-state index contributed by atoms with van der Waals surface area (Å²) in [5.74, 6) is 0. The molecule has 0 unspecified atom stereocenters. The van der Waals surface area contributed by atoms with Gasteiger partial charge in [0.1, 0.15) is 25.3 Å². The van der Waals surface area contributed by atoms with Crippen molar-refractivity contribution < 1.29 is 14.7 Å². The van der Waals surface area contributed by atoms with E-state index in [4.69, 9.17) is 0 Å². The molecule has 24 heavy (non-hydrogen) atoms. The molecule has 0 saturated carbocycles. The Morgan fingerprint density at radius 2 is 0.958 bits per heavy atom. The highest BCUT2D eigenvalue weighted by Gasteiger charge is 2.40. The molecule has 0 aromatic heterocycles. The van der Waals surface area contributed by atoms with Crippen molar-refractivity contribution in [3.05, 3.63) is 0 Å². The topological polar surface area (TPSA) is 40.5 Å². The van der Waals surface area contributed by atoms with E-state index >= 15 is 0 Å². The van der Waals surface area contributed by atoms with Crippen LogP contribution in [0.25, 0.3) is 0 Å². The van der Waals surface area contributed by atoms with Crippen LogP contribution in [0.1, 0.15) is 96.8 Å². The van der Waals surface area contributed by atoms with E-state index in [0.717, 1.165) is 24.1 Å². The van der Waals surface area contributed by atoms with Crippen molar-refractivity contribution in [1.82, 2.24) is 0 Å². The minimum absolute atomic E-state index is 0.512. The first-order valence-electron chi connectivity index (χ1n) is 10.8. The zero-order valence-corrected chi connectivity index (χ0v) is 16.5. The van der Waals surface area contributed by atoms with Crippen molar-refractivity contribution >= 4 is 0 Å². The molecule has 1 aliphatic rings. The van der Waals surface area contributed by atoms with Gasteiger partial charge in [0.25, 0.3) is 0 Å². The number of aliphatic hydroxyl groups is 2. The van der Waals surface area contributed by atoms with Gasteiger partial charge in [-0.2, -0.15) is 0 Å². The highest BCUT2D eigenvalue weighted by atomic mass is 16.3. The predicted octanol–water partition coefficient (Wildman–Crippen LogP) is 4.65. The van der Waals surface area contributed by atoms with Crippen LogP contribution in [0, 0.1) is 0 Å². The summed E-state index contributed by atoms with van der Waals surface area (Å²) in [6, 6.07) is 0. The van der Waals surface area contributed by atoms with Crippen molar-refractivity contribution in [1.29, 1.82) is 0 Å². The normalized spacial score (nSPS) is 23.0. The van der Waals surface area contributed by atoms with Gasteiger partial charge >= 0.3 is 0 Å². The van der Waals surface area contributed by atoms with E-state index < -0.39 is 12.2 Å². The minimum atomic E-state index is -0.512. The molecule has 144 valence electrons. The van der Waals surface area contributed by atoms with Crippen molar-refractivity contribution in [3.8, 4) is 0 Å². The van der Waals surface area contributed by atoms with Gasteiger partial charge in [0.2, 0.25) is 0 Å². The van der Waals surface area contributed by atoms with Gasteiger partial charge in [-0.3, -0.25) is 0 Å². The summed E-state index contributed by atoms with van der Waals surface area (Å²) in [7, 11) is 2.17. The Hall–Kier alpha value is -0.120. The third-order valence-corrected chi connectivity index (χ3v) is 5.75. The Bertz CT molecular complexity index is 286.